The first kappa shape index (κ1) is 20.2. The molecule has 2 heterocycles. The standard InChI is InChI=1S/C20H33N5O/c1-5-22-20(23-11-7-17-6-10-21-14-16(17)4)24-18-8-12-25(13-9-18)19(26)15(2)3/h6,10,14-15,18H,5,7-9,11-13H2,1-4H3,(H2,22,23,24). The molecule has 26 heavy (non-hydrogen) atoms. The van der Waals surface area contributed by atoms with Crippen molar-refractivity contribution in [2.75, 3.05) is 26.2 Å². The number of nitrogens with zero attached hydrogens (tertiary/aromatic N) is 3. The fourth-order valence-electron chi connectivity index (χ4n) is 3.19. The second-order valence-electron chi connectivity index (χ2n) is 7.21. The number of hydrogen-bond donors (Lipinski definition) is 2. The number of aromatic nitrogens is 1. The number of aliphatic imine (C=N–C) groups is 1. The zero-order chi connectivity index (χ0) is 18.9. The monoisotopic (exact) mass is 359 g/mol. The molecule has 1 aliphatic rings. The summed E-state index contributed by atoms with van der Waals surface area (Å²) in [5.74, 6) is 1.21. The number of amides is 1. The van der Waals surface area contributed by atoms with Crippen molar-refractivity contribution in [2.24, 2.45) is 10.9 Å². The third kappa shape index (κ3) is 6.00. The van der Waals surface area contributed by atoms with Crippen LogP contribution in [0, 0.1) is 12.8 Å². The Kier molecular flexibility index (Phi) is 7.88. The molecule has 1 aliphatic heterocycles. The maximum absolute atomic E-state index is 12.1. The lowest BCUT2D eigenvalue weighted by molar-refractivity contribution is -0.135. The molecule has 2 rings (SSSR count). The Labute approximate surface area is 157 Å². The van der Waals surface area contributed by atoms with Crippen LogP contribution in [-0.2, 0) is 11.2 Å². The van der Waals surface area contributed by atoms with Crippen LogP contribution in [0.3, 0.4) is 0 Å². The molecular weight excluding hydrogens is 326 g/mol. The van der Waals surface area contributed by atoms with Crippen molar-refractivity contribution in [3.8, 4) is 0 Å². The fourth-order valence-corrected chi connectivity index (χ4v) is 3.19. The van der Waals surface area contributed by atoms with Gasteiger partial charge in [0, 0.05) is 50.5 Å². The second kappa shape index (κ2) is 10.1. The average Bonchev–Trinajstić information content (AvgIpc) is 2.63. The van der Waals surface area contributed by atoms with Crippen molar-refractivity contribution in [3.63, 3.8) is 0 Å². The Hall–Kier alpha value is -2.11. The van der Waals surface area contributed by atoms with E-state index in [9.17, 15) is 4.79 Å². The number of rotatable bonds is 6. The first-order valence-corrected chi connectivity index (χ1v) is 9.74. The second-order valence-corrected chi connectivity index (χ2v) is 7.21. The SMILES string of the molecule is CCNC(=NCCc1ccncc1C)NC1CCN(C(=O)C(C)C)CC1. The summed E-state index contributed by atoms with van der Waals surface area (Å²) in [5, 5.41) is 6.86. The molecule has 1 saturated heterocycles. The van der Waals surface area contributed by atoms with Crippen LogP contribution >= 0.6 is 0 Å². The van der Waals surface area contributed by atoms with Gasteiger partial charge in [-0.1, -0.05) is 13.8 Å². The van der Waals surface area contributed by atoms with Gasteiger partial charge in [-0.15, -0.1) is 0 Å². The van der Waals surface area contributed by atoms with Crippen LogP contribution < -0.4 is 10.6 Å². The molecule has 144 valence electrons. The largest absolute Gasteiger partial charge is 0.357 e. The lowest BCUT2D eigenvalue weighted by atomic mass is 10.0. The van der Waals surface area contributed by atoms with Crippen LogP contribution in [0.1, 0.15) is 44.7 Å². The summed E-state index contributed by atoms with van der Waals surface area (Å²) >= 11 is 0. The van der Waals surface area contributed by atoms with Crippen molar-refractivity contribution in [1.29, 1.82) is 0 Å². The van der Waals surface area contributed by atoms with Gasteiger partial charge >= 0.3 is 0 Å². The Bertz CT molecular complexity index is 606. The van der Waals surface area contributed by atoms with E-state index in [1.165, 1.54) is 11.1 Å². The normalized spacial score (nSPS) is 16.0. The van der Waals surface area contributed by atoms with Gasteiger partial charge in [-0.25, -0.2) is 0 Å². The van der Waals surface area contributed by atoms with Crippen molar-refractivity contribution >= 4 is 11.9 Å². The number of carbonyl (C=O) groups is 1. The van der Waals surface area contributed by atoms with Crippen LogP contribution in [0.5, 0.6) is 0 Å². The summed E-state index contributed by atoms with van der Waals surface area (Å²) in [6.07, 6.45) is 6.57. The van der Waals surface area contributed by atoms with Gasteiger partial charge in [-0.2, -0.15) is 0 Å². The van der Waals surface area contributed by atoms with Crippen LogP contribution in [-0.4, -0.2) is 54.0 Å². The first-order valence-electron chi connectivity index (χ1n) is 9.74. The molecule has 6 nitrogen and oxygen atoms in total. The Morgan fingerprint density at radius 2 is 2.12 bits per heavy atom. The summed E-state index contributed by atoms with van der Waals surface area (Å²) in [6.45, 7) is 11.3. The van der Waals surface area contributed by atoms with Gasteiger partial charge in [0.1, 0.15) is 0 Å². The van der Waals surface area contributed by atoms with Crippen molar-refractivity contribution < 1.29 is 4.79 Å². The van der Waals surface area contributed by atoms with Crippen molar-refractivity contribution in [3.05, 3.63) is 29.6 Å². The molecule has 0 spiro atoms. The van der Waals surface area contributed by atoms with Gasteiger partial charge in [-0.3, -0.25) is 14.8 Å². The van der Waals surface area contributed by atoms with Crippen LogP contribution in [0.15, 0.2) is 23.5 Å². The van der Waals surface area contributed by atoms with Crippen molar-refractivity contribution in [1.82, 2.24) is 20.5 Å². The molecule has 0 radical (unpaired) electrons. The molecule has 1 fully saturated rings. The number of carbonyl (C=O) groups excluding carboxylic acids is 1. The average molecular weight is 360 g/mol. The third-order valence-corrected chi connectivity index (χ3v) is 4.77. The highest BCUT2D eigenvalue weighted by Crippen LogP contribution is 2.13. The van der Waals surface area contributed by atoms with E-state index in [-0.39, 0.29) is 11.8 Å². The maximum atomic E-state index is 12.1. The van der Waals surface area contributed by atoms with E-state index in [0.29, 0.717) is 6.04 Å². The maximum Gasteiger partial charge on any atom is 0.225 e. The van der Waals surface area contributed by atoms with E-state index in [4.69, 9.17) is 4.99 Å². The molecule has 0 saturated carbocycles. The summed E-state index contributed by atoms with van der Waals surface area (Å²) < 4.78 is 0. The number of piperidine rings is 1. The van der Waals surface area contributed by atoms with Crippen LogP contribution in [0.25, 0.3) is 0 Å². The summed E-state index contributed by atoms with van der Waals surface area (Å²) in [4.78, 5) is 22.9. The van der Waals surface area contributed by atoms with Gasteiger partial charge in [0.05, 0.1) is 0 Å². The van der Waals surface area contributed by atoms with Gasteiger partial charge < -0.3 is 15.5 Å². The van der Waals surface area contributed by atoms with E-state index >= 15 is 0 Å². The molecule has 0 atom stereocenters. The quantitative estimate of drug-likeness (QED) is 0.603. The predicted molar refractivity (Wildman–Crippen MR) is 106 cm³/mol. The summed E-state index contributed by atoms with van der Waals surface area (Å²) in [5.41, 5.74) is 2.50. The highest BCUT2D eigenvalue weighted by molar-refractivity contribution is 5.80. The van der Waals surface area contributed by atoms with Gasteiger partial charge in [0.15, 0.2) is 5.96 Å². The van der Waals surface area contributed by atoms with E-state index in [1.54, 1.807) is 0 Å². The number of pyridine rings is 1. The van der Waals surface area contributed by atoms with Gasteiger partial charge in [0.2, 0.25) is 5.91 Å². The predicted octanol–water partition coefficient (Wildman–Crippen LogP) is 2.13. The number of aryl methyl sites for hydroxylation is 1. The first-order chi connectivity index (χ1) is 12.5. The van der Waals surface area contributed by atoms with Crippen LogP contribution in [0.4, 0.5) is 0 Å². The number of likely N-dealkylation sites (tertiary alicyclic amines) is 1. The van der Waals surface area contributed by atoms with E-state index in [2.05, 4.69) is 35.5 Å². The highest BCUT2D eigenvalue weighted by Gasteiger charge is 2.24. The smallest absolute Gasteiger partial charge is 0.225 e. The number of hydrogen-bond acceptors (Lipinski definition) is 3. The molecule has 0 aromatic carbocycles. The zero-order valence-electron chi connectivity index (χ0n) is 16.6. The Morgan fingerprint density at radius 3 is 2.73 bits per heavy atom. The summed E-state index contributed by atoms with van der Waals surface area (Å²) in [7, 11) is 0. The van der Waals surface area contributed by atoms with E-state index in [1.807, 2.05) is 31.1 Å². The lowest BCUT2D eigenvalue weighted by Gasteiger charge is -2.34. The fraction of sp³-hybridized carbons (Fsp3) is 0.650. The minimum Gasteiger partial charge on any atom is -0.357 e. The molecule has 0 aliphatic carbocycles. The minimum absolute atomic E-state index is 0.0787. The molecule has 1 amide bonds. The van der Waals surface area contributed by atoms with E-state index < -0.39 is 0 Å². The molecule has 0 unspecified atom stereocenters. The third-order valence-electron chi connectivity index (χ3n) is 4.77. The molecule has 0 bridgehead atoms. The van der Waals surface area contributed by atoms with Crippen LogP contribution in [0.2, 0.25) is 0 Å². The number of guanidine groups is 1. The molecular formula is C20H33N5O. The Morgan fingerprint density at radius 1 is 1.38 bits per heavy atom. The zero-order valence-corrected chi connectivity index (χ0v) is 16.6. The summed E-state index contributed by atoms with van der Waals surface area (Å²) in [6, 6.07) is 2.43. The molecule has 1 aromatic heterocycles. The molecule has 1 aromatic rings. The molecule has 6 heteroatoms. The number of nitrogens with one attached hydrogen (secondary N) is 2. The topological polar surface area (TPSA) is 69.6 Å². The molecule has 2 N–H and O–H groups in total. The van der Waals surface area contributed by atoms with Gasteiger partial charge in [0.25, 0.3) is 0 Å². The lowest BCUT2D eigenvalue weighted by Crippen LogP contribution is -2.50. The van der Waals surface area contributed by atoms with E-state index in [0.717, 1.165) is 51.4 Å². The Balaban J connectivity index is 1.84. The minimum atomic E-state index is 0.0787. The van der Waals surface area contributed by atoms with Crippen molar-refractivity contribution in [2.45, 2.75) is 53.0 Å². The van der Waals surface area contributed by atoms with Gasteiger partial charge in [-0.05, 0) is 50.3 Å². The highest BCUT2D eigenvalue weighted by atomic mass is 16.2.